The topological polar surface area (TPSA) is 55.6 Å². The highest BCUT2D eigenvalue weighted by atomic mass is 35.5. The minimum atomic E-state index is 0.423. The average Bonchev–Trinajstić information content (AvgIpc) is 3.06. The molecule has 1 aliphatic carbocycles. The monoisotopic (exact) mass is 249 g/mol. The van der Waals surface area contributed by atoms with Crippen molar-refractivity contribution in [3.8, 4) is 0 Å². The molecular weight excluding hydrogens is 238 g/mol. The van der Waals surface area contributed by atoms with Gasteiger partial charge in [0.25, 0.3) is 0 Å². The molecule has 88 valence electrons. The number of nitrogens with zero attached hydrogens (tertiary/aromatic N) is 4. The van der Waals surface area contributed by atoms with Gasteiger partial charge in [-0.1, -0.05) is 11.6 Å². The minimum absolute atomic E-state index is 0.423. The van der Waals surface area contributed by atoms with Crippen LogP contribution in [0.3, 0.4) is 0 Å². The minimum Gasteiger partial charge on any atom is -0.325 e. The van der Waals surface area contributed by atoms with E-state index in [0.717, 1.165) is 11.5 Å². The second-order valence-electron chi connectivity index (χ2n) is 4.20. The zero-order valence-electron chi connectivity index (χ0n) is 9.39. The van der Waals surface area contributed by atoms with Gasteiger partial charge < -0.3 is 5.32 Å². The first kappa shape index (κ1) is 10.5. The number of aryl methyl sites for hydroxylation is 1. The number of rotatable bonds is 3. The quantitative estimate of drug-likeness (QED) is 0.849. The molecule has 6 heteroatoms. The fourth-order valence-corrected chi connectivity index (χ4v) is 1.87. The summed E-state index contributed by atoms with van der Waals surface area (Å²) in [6.07, 6.45) is 3.93. The molecule has 2 aromatic rings. The molecule has 0 radical (unpaired) electrons. The first-order valence-corrected chi connectivity index (χ1v) is 5.88. The van der Waals surface area contributed by atoms with Crippen molar-refractivity contribution >= 4 is 23.2 Å². The molecule has 2 aromatic heterocycles. The lowest BCUT2D eigenvalue weighted by molar-refractivity contribution is 0.750. The van der Waals surface area contributed by atoms with Gasteiger partial charge in [-0.25, -0.2) is 9.97 Å². The SMILES string of the molecule is Cn1nc(C2CC2)cc1Nc1cc(Cl)ncn1. The van der Waals surface area contributed by atoms with Gasteiger partial charge in [0, 0.05) is 25.1 Å². The average molecular weight is 250 g/mol. The molecule has 0 atom stereocenters. The molecule has 1 N–H and O–H groups in total. The zero-order valence-corrected chi connectivity index (χ0v) is 10.1. The van der Waals surface area contributed by atoms with E-state index in [-0.39, 0.29) is 0 Å². The Hall–Kier alpha value is -1.62. The first-order chi connectivity index (χ1) is 8.22. The summed E-state index contributed by atoms with van der Waals surface area (Å²) in [5, 5.41) is 8.07. The molecule has 0 spiro atoms. The second kappa shape index (κ2) is 4.00. The van der Waals surface area contributed by atoms with Gasteiger partial charge >= 0.3 is 0 Å². The van der Waals surface area contributed by atoms with Gasteiger partial charge in [0.2, 0.25) is 0 Å². The maximum absolute atomic E-state index is 5.80. The van der Waals surface area contributed by atoms with Crippen LogP contribution in [0.15, 0.2) is 18.5 Å². The molecule has 5 nitrogen and oxygen atoms in total. The van der Waals surface area contributed by atoms with Gasteiger partial charge in [0.05, 0.1) is 5.69 Å². The number of anilines is 2. The molecule has 1 aliphatic rings. The van der Waals surface area contributed by atoms with E-state index in [9.17, 15) is 0 Å². The molecule has 0 saturated heterocycles. The fourth-order valence-electron chi connectivity index (χ4n) is 1.72. The van der Waals surface area contributed by atoms with E-state index in [4.69, 9.17) is 11.6 Å². The Morgan fingerprint density at radius 1 is 1.35 bits per heavy atom. The largest absolute Gasteiger partial charge is 0.325 e. The summed E-state index contributed by atoms with van der Waals surface area (Å²) < 4.78 is 1.82. The van der Waals surface area contributed by atoms with E-state index >= 15 is 0 Å². The van der Waals surface area contributed by atoms with Crippen LogP contribution >= 0.6 is 11.6 Å². The van der Waals surface area contributed by atoms with Crippen LogP contribution in [0, 0.1) is 0 Å². The lowest BCUT2D eigenvalue weighted by Crippen LogP contribution is -2.00. The third-order valence-corrected chi connectivity index (χ3v) is 2.99. The van der Waals surface area contributed by atoms with Crippen LogP contribution in [-0.2, 0) is 7.05 Å². The zero-order chi connectivity index (χ0) is 11.8. The van der Waals surface area contributed by atoms with Gasteiger partial charge in [-0.05, 0) is 12.8 Å². The Bertz CT molecular complexity index is 547. The summed E-state index contributed by atoms with van der Waals surface area (Å²) in [6.45, 7) is 0. The van der Waals surface area contributed by atoms with Crippen LogP contribution in [0.4, 0.5) is 11.6 Å². The molecule has 3 rings (SSSR count). The van der Waals surface area contributed by atoms with Crippen LogP contribution in [0.25, 0.3) is 0 Å². The van der Waals surface area contributed by atoms with Crippen molar-refractivity contribution in [2.45, 2.75) is 18.8 Å². The van der Waals surface area contributed by atoms with Crippen LogP contribution in [-0.4, -0.2) is 19.7 Å². The van der Waals surface area contributed by atoms with Gasteiger partial charge in [-0.15, -0.1) is 0 Å². The van der Waals surface area contributed by atoms with Crippen LogP contribution < -0.4 is 5.32 Å². The van der Waals surface area contributed by atoms with E-state index in [0.29, 0.717) is 16.9 Å². The Labute approximate surface area is 104 Å². The van der Waals surface area contributed by atoms with Crippen molar-refractivity contribution in [1.82, 2.24) is 19.7 Å². The first-order valence-electron chi connectivity index (χ1n) is 5.51. The Morgan fingerprint density at radius 2 is 2.18 bits per heavy atom. The lowest BCUT2D eigenvalue weighted by atomic mass is 10.3. The summed E-state index contributed by atoms with van der Waals surface area (Å²) in [5.41, 5.74) is 1.15. The van der Waals surface area contributed by atoms with Crippen molar-refractivity contribution < 1.29 is 0 Å². The van der Waals surface area contributed by atoms with Crippen molar-refractivity contribution in [1.29, 1.82) is 0 Å². The van der Waals surface area contributed by atoms with Gasteiger partial charge in [0.1, 0.15) is 23.1 Å². The number of hydrogen-bond acceptors (Lipinski definition) is 4. The van der Waals surface area contributed by atoms with Crippen molar-refractivity contribution in [2.75, 3.05) is 5.32 Å². The molecule has 2 heterocycles. The summed E-state index contributed by atoms with van der Waals surface area (Å²) in [4.78, 5) is 7.94. The third kappa shape index (κ3) is 2.24. The number of aromatic nitrogens is 4. The molecule has 0 amide bonds. The highest BCUT2D eigenvalue weighted by Crippen LogP contribution is 2.40. The predicted molar refractivity (Wildman–Crippen MR) is 65.5 cm³/mol. The fraction of sp³-hybridized carbons (Fsp3) is 0.364. The molecule has 1 saturated carbocycles. The van der Waals surface area contributed by atoms with E-state index in [1.54, 1.807) is 6.07 Å². The van der Waals surface area contributed by atoms with Gasteiger partial charge in [-0.3, -0.25) is 4.68 Å². The van der Waals surface area contributed by atoms with E-state index < -0.39 is 0 Å². The molecule has 0 aromatic carbocycles. The molecule has 0 aliphatic heterocycles. The van der Waals surface area contributed by atoms with E-state index in [2.05, 4.69) is 26.4 Å². The second-order valence-corrected chi connectivity index (χ2v) is 4.59. The smallest absolute Gasteiger partial charge is 0.136 e. The highest BCUT2D eigenvalue weighted by molar-refractivity contribution is 6.29. The number of hydrogen-bond donors (Lipinski definition) is 1. The van der Waals surface area contributed by atoms with Gasteiger partial charge in [0.15, 0.2) is 0 Å². The maximum Gasteiger partial charge on any atom is 0.136 e. The number of nitrogens with one attached hydrogen (secondary N) is 1. The molecular formula is C11H12ClN5. The Balaban J connectivity index is 1.84. The number of halogens is 1. The molecule has 0 bridgehead atoms. The Morgan fingerprint density at radius 3 is 2.88 bits per heavy atom. The Kier molecular flexibility index (Phi) is 2.48. The third-order valence-electron chi connectivity index (χ3n) is 2.78. The highest BCUT2D eigenvalue weighted by Gasteiger charge is 2.26. The molecule has 1 fully saturated rings. The maximum atomic E-state index is 5.80. The van der Waals surface area contributed by atoms with E-state index in [1.165, 1.54) is 19.2 Å². The van der Waals surface area contributed by atoms with Crippen LogP contribution in [0.1, 0.15) is 24.5 Å². The van der Waals surface area contributed by atoms with Crippen molar-refractivity contribution in [2.24, 2.45) is 7.05 Å². The summed E-state index contributed by atoms with van der Waals surface area (Å²) in [6, 6.07) is 3.75. The van der Waals surface area contributed by atoms with Crippen LogP contribution in [0.5, 0.6) is 0 Å². The predicted octanol–water partition coefficient (Wildman–Crippen LogP) is 2.48. The molecule has 17 heavy (non-hydrogen) atoms. The van der Waals surface area contributed by atoms with Crippen molar-refractivity contribution in [3.63, 3.8) is 0 Å². The normalized spacial score (nSPS) is 14.9. The van der Waals surface area contributed by atoms with E-state index in [1.807, 2.05) is 11.7 Å². The van der Waals surface area contributed by atoms with Crippen LogP contribution in [0.2, 0.25) is 5.15 Å². The summed E-state index contributed by atoms with van der Waals surface area (Å²) in [5.74, 6) is 2.24. The summed E-state index contributed by atoms with van der Waals surface area (Å²) >= 11 is 5.80. The van der Waals surface area contributed by atoms with Crippen molar-refractivity contribution in [3.05, 3.63) is 29.3 Å². The van der Waals surface area contributed by atoms with Gasteiger partial charge in [-0.2, -0.15) is 5.10 Å². The summed E-state index contributed by atoms with van der Waals surface area (Å²) in [7, 11) is 1.91. The standard InChI is InChI=1S/C11H12ClN5/c1-17-11(4-8(16-17)7-2-3-7)15-10-5-9(12)13-6-14-10/h4-7H,2-3H2,1H3,(H,13,14,15). The molecule has 0 unspecified atom stereocenters. The lowest BCUT2D eigenvalue weighted by Gasteiger charge is -2.04.